The number of carbonyl (C=O) groups is 1. The summed E-state index contributed by atoms with van der Waals surface area (Å²) in [5, 5.41) is 5.06. The third-order valence-corrected chi connectivity index (χ3v) is 4.04. The van der Waals surface area contributed by atoms with E-state index in [0.717, 1.165) is 10.6 Å². The molecule has 0 aliphatic carbocycles. The number of nitrogens with zero attached hydrogens (tertiary/aromatic N) is 1. The van der Waals surface area contributed by atoms with Crippen molar-refractivity contribution in [3.05, 3.63) is 70.5 Å². The first kappa shape index (κ1) is 15.1. The van der Waals surface area contributed by atoms with Gasteiger partial charge < -0.3 is 15.8 Å². The summed E-state index contributed by atoms with van der Waals surface area (Å²) >= 11 is 1.50. The molecule has 0 atom stereocenters. The summed E-state index contributed by atoms with van der Waals surface area (Å²) in [4.78, 5) is 16.3. The minimum absolute atomic E-state index is 0.404. The zero-order chi connectivity index (χ0) is 16.1. The predicted molar refractivity (Wildman–Crippen MR) is 90.9 cm³/mol. The van der Waals surface area contributed by atoms with E-state index in [1.807, 2.05) is 36.4 Å². The van der Waals surface area contributed by atoms with Gasteiger partial charge >= 0.3 is 0 Å². The fraction of sp³-hybridized carbons (Fsp3) is 0.0588. The molecule has 3 rings (SSSR count). The minimum Gasteiger partial charge on any atom is -0.439 e. The first-order valence-electron chi connectivity index (χ1n) is 7.01. The predicted octanol–water partition coefficient (Wildman–Crippen LogP) is 3.65. The summed E-state index contributed by atoms with van der Waals surface area (Å²) in [5.74, 6) is 0.852. The maximum Gasteiger partial charge on any atom is 0.249 e. The van der Waals surface area contributed by atoms with Gasteiger partial charge in [0.2, 0.25) is 11.8 Å². The van der Waals surface area contributed by atoms with Crippen LogP contribution in [-0.2, 0) is 6.54 Å². The second-order valence-corrected chi connectivity index (χ2v) is 5.81. The second kappa shape index (κ2) is 6.93. The van der Waals surface area contributed by atoms with Gasteiger partial charge in [-0.1, -0.05) is 12.1 Å². The minimum atomic E-state index is -0.404. The molecule has 23 heavy (non-hydrogen) atoms. The number of primary amides is 1. The Labute approximate surface area is 137 Å². The van der Waals surface area contributed by atoms with Crippen molar-refractivity contribution in [2.45, 2.75) is 6.54 Å². The van der Waals surface area contributed by atoms with Crippen LogP contribution in [0.3, 0.4) is 0 Å². The van der Waals surface area contributed by atoms with Gasteiger partial charge in [-0.2, -0.15) is 0 Å². The monoisotopic (exact) mass is 325 g/mol. The fourth-order valence-corrected chi connectivity index (χ4v) is 2.80. The number of amides is 1. The lowest BCUT2D eigenvalue weighted by molar-refractivity contribution is 0.100. The molecule has 0 fully saturated rings. The molecule has 1 aromatic carbocycles. The summed E-state index contributed by atoms with van der Waals surface area (Å²) < 4.78 is 5.70. The van der Waals surface area contributed by atoms with E-state index >= 15 is 0 Å². The van der Waals surface area contributed by atoms with Gasteiger partial charge in [-0.15, -0.1) is 11.3 Å². The van der Waals surface area contributed by atoms with Gasteiger partial charge in [0.25, 0.3) is 0 Å². The van der Waals surface area contributed by atoms with E-state index < -0.39 is 5.91 Å². The van der Waals surface area contributed by atoms with Gasteiger partial charge in [-0.25, -0.2) is 4.98 Å². The molecule has 2 aromatic heterocycles. The number of hydrogen-bond donors (Lipinski definition) is 2. The van der Waals surface area contributed by atoms with Crippen LogP contribution >= 0.6 is 11.3 Å². The number of anilines is 1. The molecule has 3 aromatic rings. The molecule has 5 nitrogen and oxygen atoms in total. The molecule has 0 aliphatic rings. The van der Waals surface area contributed by atoms with Crippen LogP contribution < -0.4 is 15.8 Å². The number of rotatable bonds is 6. The molecule has 3 N–H and O–H groups in total. The quantitative estimate of drug-likeness (QED) is 0.725. The number of benzene rings is 1. The van der Waals surface area contributed by atoms with Crippen molar-refractivity contribution in [1.29, 1.82) is 0 Å². The molecule has 0 saturated heterocycles. The van der Waals surface area contributed by atoms with Crippen LogP contribution in [0.15, 0.2) is 60.1 Å². The molecule has 0 aliphatic heterocycles. The largest absolute Gasteiger partial charge is 0.439 e. The molecule has 2 heterocycles. The number of hydrogen-bond acceptors (Lipinski definition) is 5. The number of carbonyl (C=O) groups excluding carboxylic acids is 1. The van der Waals surface area contributed by atoms with Crippen LogP contribution in [0, 0.1) is 0 Å². The summed E-state index contributed by atoms with van der Waals surface area (Å²) in [6.07, 6.45) is 1.69. The Morgan fingerprint density at radius 3 is 2.87 bits per heavy atom. The zero-order valence-electron chi connectivity index (χ0n) is 12.2. The standard InChI is InChI=1S/C17H15N3O2S/c18-17(21)12-8-15(23-11-12)10-20-13-4-3-5-14(9-13)22-16-6-1-2-7-19-16/h1-9,11,20H,10H2,(H2,18,21). The number of thiophene rings is 1. The van der Waals surface area contributed by atoms with E-state index in [4.69, 9.17) is 10.5 Å². The molecule has 0 saturated carbocycles. The Bertz CT molecular complexity index is 802. The van der Waals surface area contributed by atoms with Crippen LogP contribution in [0.25, 0.3) is 0 Å². The highest BCUT2D eigenvalue weighted by molar-refractivity contribution is 7.10. The van der Waals surface area contributed by atoms with Crippen LogP contribution in [0.1, 0.15) is 15.2 Å². The van der Waals surface area contributed by atoms with Crippen molar-refractivity contribution in [2.75, 3.05) is 5.32 Å². The summed E-state index contributed by atoms with van der Waals surface area (Å²) in [5.41, 5.74) is 6.72. The first-order valence-corrected chi connectivity index (χ1v) is 7.89. The summed E-state index contributed by atoms with van der Waals surface area (Å²) in [6.45, 7) is 0.616. The van der Waals surface area contributed by atoms with Gasteiger partial charge in [-0.05, 0) is 24.3 Å². The van der Waals surface area contributed by atoms with Crippen molar-refractivity contribution in [2.24, 2.45) is 5.73 Å². The van der Waals surface area contributed by atoms with E-state index in [1.54, 1.807) is 23.7 Å². The molecule has 0 bridgehead atoms. The molecule has 6 heteroatoms. The molecule has 116 valence electrons. The van der Waals surface area contributed by atoms with E-state index in [-0.39, 0.29) is 0 Å². The maximum atomic E-state index is 11.1. The van der Waals surface area contributed by atoms with E-state index in [9.17, 15) is 4.79 Å². The molecule has 0 radical (unpaired) electrons. The SMILES string of the molecule is NC(=O)c1csc(CNc2cccc(Oc3ccccn3)c2)c1. The van der Waals surface area contributed by atoms with Gasteiger partial charge in [0, 0.05) is 40.8 Å². The normalized spacial score (nSPS) is 10.3. The van der Waals surface area contributed by atoms with Crippen molar-refractivity contribution in [3.8, 4) is 11.6 Å². The van der Waals surface area contributed by atoms with Crippen molar-refractivity contribution >= 4 is 22.9 Å². The smallest absolute Gasteiger partial charge is 0.249 e. The van der Waals surface area contributed by atoms with Crippen LogP contribution in [0.2, 0.25) is 0 Å². The lowest BCUT2D eigenvalue weighted by Crippen LogP contribution is -2.09. The number of nitrogens with two attached hydrogens (primary N) is 1. The Hall–Kier alpha value is -2.86. The Balaban J connectivity index is 1.64. The highest BCUT2D eigenvalue weighted by Gasteiger charge is 2.05. The first-order chi connectivity index (χ1) is 11.2. The zero-order valence-corrected chi connectivity index (χ0v) is 13.0. The maximum absolute atomic E-state index is 11.1. The highest BCUT2D eigenvalue weighted by Crippen LogP contribution is 2.23. The molecular formula is C17H15N3O2S. The molecule has 0 spiro atoms. The lowest BCUT2D eigenvalue weighted by atomic mass is 10.2. The number of ether oxygens (including phenoxy) is 1. The molecule has 1 amide bonds. The Morgan fingerprint density at radius 2 is 2.13 bits per heavy atom. The fourth-order valence-electron chi connectivity index (χ4n) is 1.99. The molecular weight excluding hydrogens is 310 g/mol. The Morgan fingerprint density at radius 1 is 1.22 bits per heavy atom. The number of pyridine rings is 1. The third-order valence-electron chi connectivity index (χ3n) is 3.10. The highest BCUT2D eigenvalue weighted by atomic mass is 32.1. The van der Waals surface area contributed by atoms with Crippen molar-refractivity contribution < 1.29 is 9.53 Å². The van der Waals surface area contributed by atoms with Gasteiger partial charge in [0.05, 0.1) is 5.56 Å². The lowest BCUT2D eigenvalue weighted by Gasteiger charge is -2.08. The van der Waals surface area contributed by atoms with Crippen LogP contribution in [0.4, 0.5) is 5.69 Å². The van der Waals surface area contributed by atoms with Crippen LogP contribution in [0.5, 0.6) is 11.6 Å². The average molecular weight is 325 g/mol. The van der Waals surface area contributed by atoms with E-state index in [0.29, 0.717) is 23.7 Å². The second-order valence-electron chi connectivity index (χ2n) is 4.82. The average Bonchev–Trinajstić information content (AvgIpc) is 3.04. The van der Waals surface area contributed by atoms with Crippen molar-refractivity contribution in [1.82, 2.24) is 4.98 Å². The topological polar surface area (TPSA) is 77.2 Å². The van der Waals surface area contributed by atoms with Crippen molar-refractivity contribution in [3.63, 3.8) is 0 Å². The summed E-state index contributed by atoms with van der Waals surface area (Å²) in [6, 6.07) is 14.9. The van der Waals surface area contributed by atoms with Crippen LogP contribution in [-0.4, -0.2) is 10.9 Å². The third kappa shape index (κ3) is 4.08. The van der Waals surface area contributed by atoms with Gasteiger partial charge in [0.15, 0.2) is 0 Å². The van der Waals surface area contributed by atoms with E-state index in [1.165, 1.54) is 11.3 Å². The van der Waals surface area contributed by atoms with E-state index in [2.05, 4.69) is 10.3 Å². The van der Waals surface area contributed by atoms with Gasteiger partial charge in [-0.3, -0.25) is 4.79 Å². The van der Waals surface area contributed by atoms with Gasteiger partial charge in [0.1, 0.15) is 5.75 Å². The Kier molecular flexibility index (Phi) is 4.54. The number of aromatic nitrogens is 1. The molecule has 0 unspecified atom stereocenters. The number of nitrogens with one attached hydrogen (secondary N) is 1. The summed E-state index contributed by atoms with van der Waals surface area (Å²) in [7, 11) is 0.